The molecule has 0 amide bonds. The third-order valence-corrected chi connectivity index (χ3v) is 6.30. The van der Waals surface area contributed by atoms with Crippen LogP contribution in [0, 0.1) is 5.82 Å². The molecule has 0 bridgehead atoms. The Labute approximate surface area is 198 Å². The van der Waals surface area contributed by atoms with Crippen molar-refractivity contribution in [2.45, 2.75) is 31.0 Å². The van der Waals surface area contributed by atoms with Crippen LogP contribution >= 0.6 is 19.3 Å². The first-order valence-corrected chi connectivity index (χ1v) is 11.5. The second-order valence-corrected chi connectivity index (χ2v) is 9.26. The molecule has 1 fully saturated rings. The molecule has 2 heterocycles. The summed E-state index contributed by atoms with van der Waals surface area (Å²) < 4.78 is 81.4. The lowest BCUT2D eigenvalue weighted by Crippen LogP contribution is -2.34. The molecule has 4 atom stereocenters. The topological polar surface area (TPSA) is 160 Å². The summed E-state index contributed by atoms with van der Waals surface area (Å²) in [6.45, 7) is -2.44. The first kappa shape index (κ1) is 26.7. The summed E-state index contributed by atoms with van der Waals surface area (Å²) in [6, 6.07) is 4.12. The number of alkyl halides is 3. The number of rotatable bonds is 9. The number of aromatic amines is 1. The number of azide groups is 1. The third-order valence-electron chi connectivity index (χ3n) is 4.56. The maximum absolute atomic E-state index is 13.6. The molecule has 35 heavy (non-hydrogen) atoms. The standard InChI is InChI=1S/C17H16ClF4N6O6P/c18-9-1-3-10(4-2-9)34-35(31,24-8-17(20,21)22)32-7-13-12(26-27-23)5-14(33-13)28-6-11(19)15(29)25-16(28)30/h1-4,6,12-14H,5,7-8H2,(H,24,31)(H,25,29,30)/t12-,13+,14+,35?/m0/s1. The number of ether oxygens (including phenoxy) is 1. The van der Waals surface area contributed by atoms with E-state index in [1.807, 2.05) is 0 Å². The normalized spacial score (nSPS) is 21.8. The molecule has 18 heteroatoms. The minimum Gasteiger partial charge on any atom is -0.413 e. The highest BCUT2D eigenvalue weighted by molar-refractivity contribution is 7.52. The Kier molecular flexibility index (Phi) is 8.26. The van der Waals surface area contributed by atoms with Gasteiger partial charge in [0.15, 0.2) is 0 Å². The number of hydrogen-bond donors (Lipinski definition) is 2. The summed E-state index contributed by atoms with van der Waals surface area (Å²) in [7, 11) is -4.67. The highest BCUT2D eigenvalue weighted by Gasteiger charge is 2.40. The molecular weight excluding hydrogens is 527 g/mol. The van der Waals surface area contributed by atoms with Gasteiger partial charge in [0.25, 0.3) is 5.56 Å². The van der Waals surface area contributed by atoms with E-state index >= 15 is 0 Å². The molecular formula is C17H16ClF4N6O6P. The fraction of sp³-hybridized carbons (Fsp3) is 0.412. The summed E-state index contributed by atoms with van der Waals surface area (Å²) in [6.07, 6.45) is -6.84. The fourth-order valence-corrected chi connectivity index (χ4v) is 4.44. The smallest absolute Gasteiger partial charge is 0.413 e. The van der Waals surface area contributed by atoms with Crippen LogP contribution in [0.2, 0.25) is 5.02 Å². The van der Waals surface area contributed by atoms with Crippen molar-refractivity contribution in [1.29, 1.82) is 0 Å². The van der Waals surface area contributed by atoms with Crippen molar-refractivity contribution in [3.05, 3.63) is 72.6 Å². The van der Waals surface area contributed by atoms with Gasteiger partial charge < -0.3 is 9.26 Å². The van der Waals surface area contributed by atoms with Gasteiger partial charge >= 0.3 is 19.6 Å². The van der Waals surface area contributed by atoms with Gasteiger partial charge in [0.05, 0.1) is 24.9 Å². The van der Waals surface area contributed by atoms with E-state index in [0.717, 1.165) is 0 Å². The molecule has 1 aromatic carbocycles. The summed E-state index contributed by atoms with van der Waals surface area (Å²) in [5, 5.41) is 5.45. The van der Waals surface area contributed by atoms with E-state index in [1.54, 1.807) is 10.1 Å². The van der Waals surface area contributed by atoms with Crippen molar-refractivity contribution < 1.29 is 35.9 Å². The first-order valence-electron chi connectivity index (χ1n) is 9.61. The first-order chi connectivity index (χ1) is 16.4. The Morgan fingerprint density at radius 1 is 1.34 bits per heavy atom. The molecule has 0 aliphatic carbocycles. The Morgan fingerprint density at radius 3 is 2.66 bits per heavy atom. The monoisotopic (exact) mass is 542 g/mol. The highest BCUT2D eigenvalue weighted by Crippen LogP contribution is 2.46. The van der Waals surface area contributed by atoms with E-state index in [4.69, 9.17) is 30.9 Å². The summed E-state index contributed by atoms with van der Waals surface area (Å²) in [4.78, 5) is 27.6. The SMILES string of the molecule is [N-]=[N+]=N[C@H]1C[C@H](n2cc(F)c(=O)[nH]c2=O)O[C@@H]1COP(=O)(NCC(F)(F)F)Oc1ccc(Cl)cc1. The fourth-order valence-electron chi connectivity index (χ4n) is 2.99. The summed E-state index contributed by atoms with van der Waals surface area (Å²) in [5.41, 5.74) is 6.53. The zero-order chi connectivity index (χ0) is 25.8. The minimum atomic E-state index is -4.76. The van der Waals surface area contributed by atoms with Gasteiger partial charge in [0.2, 0.25) is 5.82 Å². The van der Waals surface area contributed by atoms with Crippen LogP contribution in [-0.4, -0.2) is 41.0 Å². The van der Waals surface area contributed by atoms with Crippen LogP contribution in [0.25, 0.3) is 10.4 Å². The zero-order valence-corrected chi connectivity index (χ0v) is 19.0. The van der Waals surface area contributed by atoms with Gasteiger partial charge in [-0.25, -0.2) is 14.4 Å². The van der Waals surface area contributed by atoms with Crippen LogP contribution in [0.1, 0.15) is 12.6 Å². The summed E-state index contributed by atoms with van der Waals surface area (Å²) in [5.74, 6) is -1.41. The van der Waals surface area contributed by atoms with Crippen molar-refractivity contribution in [3.8, 4) is 5.75 Å². The predicted molar refractivity (Wildman–Crippen MR) is 112 cm³/mol. The van der Waals surface area contributed by atoms with Crippen LogP contribution in [0.3, 0.4) is 0 Å². The van der Waals surface area contributed by atoms with E-state index in [2.05, 4.69) is 10.0 Å². The highest BCUT2D eigenvalue weighted by atomic mass is 35.5. The van der Waals surface area contributed by atoms with Crippen LogP contribution in [0.15, 0.2) is 45.2 Å². The Morgan fingerprint density at radius 2 is 2.03 bits per heavy atom. The van der Waals surface area contributed by atoms with Crippen LogP contribution in [0.5, 0.6) is 5.75 Å². The van der Waals surface area contributed by atoms with Crippen molar-refractivity contribution in [2.24, 2.45) is 5.11 Å². The van der Waals surface area contributed by atoms with E-state index in [0.29, 0.717) is 10.8 Å². The lowest BCUT2D eigenvalue weighted by molar-refractivity contribution is -0.122. The third kappa shape index (κ3) is 7.31. The maximum Gasteiger partial charge on any atom is 0.459 e. The van der Waals surface area contributed by atoms with Crippen LogP contribution < -0.4 is 20.9 Å². The molecule has 0 radical (unpaired) electrons. The number of nitrogens with zero attached hydrogens (tertiary/aromatic N) is 4. The molecule has 3 rings (SSSR count). The van der Waals surface area contributed by atoms with Gasteiger partial charge in [-0.3, -0.25) is 18.9 Å². The predicted octanol–water partition coefficient (Wildman–Crippen LogP) is 3.65. The molecule has 1 saturated heterocycles. The average molecular weight is 543 g/mol. The number of H-pyrrole nitrogens is 1. The number of aromatic nitrogens is 2. The number of benzene rings is 1. The van der Waals surface area contributed by atoms with Crippen molar-refractivity contribution >= 4 is 19.3 Å². The van der Waals surface area contributed by atoms with Crippen molar-refractivity contribution in [2.75, 3.05) is 13.2 Å². The lowest BCUT2D eigenvalue weighted by Gasteiger charge is -2.23. The van der Waals surface area contributed by atoms with Gasteiger partial charge in [-0.1, -0.05) is 16.7 Å². The molecule has 1 aliphatic rings. The van der Waals surface area contributed by atoms with Crippen LogP contribution in [0.4, 0.5) is 17.6 Å². The van der Waals surface area contributed by atoms with Gasteiger partial charge in [-0.2, -0.15) is 17.6 Å². The lowest BCUT2D eigenvalue weighted by atomic mass is 10.1. The van der Waals surface area contributed by atoms with E-state index < -0.39 is 62.5 Å². The Balaban J connectivity index is 1.79. The van der Waals surface area contributed by atoms with Gasteiger partial charge in [0, 0.05) is 16.4 Å². The van der Waals surface area contributed by atoms with Crippen LogP contribution in [-0.2, 0) is 13.8 Å². The molecule has 190 valence electrons. The van der Waals surface area contributed by atoms with Gasteiger partial charge in [0.1, 0.15) is 18.5 Å². The molecule has 2 aromatic rings. The zero-order valence-electron chi connectivity index (χ0n) is 17.3. The van der Waals surface area contributed by atoms with E-state index in [-0.39, 0.29) is 17.2 Å². The molecule has 0 saturated carbocycles. The molecule has 2 N–H and O–H groups in total. The second kappa shape index (κ2) is 10.8. The second-order valence-electron chi connectivity index (χ2n) is 7.07. The Bertz CT molecular complexity index is 1270. The Hall–Kier alpha value is -2.87. The number of hydrogen-bond acceptors (Lipinski definition) is 7. The minimum absolute atomic E-state index is 0.125. The van der Waals surface area contributed by atoms with Gasteiger partial charge in [-0.15, -0.1) is 0 Å². The number of halogens is 5. The summed E-state index contributed by atoms with van der Waals surface area (Å²) >= 11 is 5.75. The quantitative estimate of drug-likeness (QED) is 0.161. The van der Waals surface area contributed by atoms with Gasteiger partial charge in [-0.05, 0) is 29.8 Å². The van der Waals surface area contributed by atoms with Crippen molar-refractivity contribution in [1.82, 2.24) is 14.6 Å². The van der Waals surface area contributed by atoms with Crippen molar-refractivity contribution in [3.63, 3.8) is 0 Å². The molecule has 1 unspecified atom stereocenters. The molecule has 0 spiro atoms. The number of nitrogens with one attached hydrogen (secondary N) is 2. The average Bonchev–Trinajstić information content (AvgIpc) is 3.18. The van der Waals surface area contributed by atoms with E-state index in [1.165, 1.54) is 24.3 Å². The molecule has 1 aromatic heterocycles. The maximum atomic E-state index is 13.6. The van der Waals surface area contributed by atoms with E-state index in [9.17, 15) is 31.7 Å². The largest absolute Gasteiger partial charge is 0.459 e. The molecule has 12 nitrogen and oxygen atoms in total. The molecule has 1 aliphatic heterocycles.